The standard InChI is InChI=1S/C29H26ClN5O/c1-19-8-11-27-21(14-19)15-24-12-13-29(17-34(24)27,22-6-4-3-5-7-22)32-28(36)25-10-9-23(16-26(25)30)35-18-31-33-20(35)2/h3-11,14-16,18H,12-13,17H2,1-2H3,(H,32,36)/t29-/m1/s1. The Balaban J connectivity index is 1.38. The zero-order valence-corrected chi connectivity index (χ0v) is 21.0. The van der Waals surface area contributed by atoms with Gasteiger partial charge in [0, 0.05) is 22.3 Å². The molecule has 0 spiro atoms. The zero-order chi connectivity index (χ0) is 24.9. The van der Waals surface area contributed by atoms with Crippen LogP contribution in [0, 0.1) is 13.8 Å². The van der Waals surface area contributed by atoms with Crippen LogP contribution in [0.2, 0.25) is 5.02 Å². The number of nitrogens with zero attached hydrogens (tertiary/aromatic N) is 4. The van der Waals surface area contributed by atoms with Crippen LogP contribution >= 0.6 is 11.6 Å². The van der Waals surface area contributed by atoms with Gasteiger partial charge in [0.05, 0.1) is 22.7 Å². The first kappa shape index (κ1) is 22.6. The summed E-state index contributed by atoms with van der Waals surface area (Å²) >= 11 is 6.64. The quantitative estimate of drug-likeness (QED) is 0.344. The molecule has 3 aromatic carbocycles. The highest BCUT2D eigenvalue weighted by atomic mass is 35.5. The molecule has 1 aliphatic rings. The molecule has 0 unspecified atom stereocenters. The van der Waals surface area contributed by atoms with Crippen LogP contribution in [0.3, 0.4) is 0 Å². The summed E-state index contributed by atoms with van der Waals surface area (Å²) < 4.78 is 4.19. The van der Waals surface area contributed by atoms with Gasteiger partial charge >= 0.3 is 0 Å². The molecule has 0 radical (unpaired) electrons. The molecule has 6 rings (SSSR count). The Morgan fingerprint density at radius 3 is 2.61 bits per heavy atom. The van der Waals surface area contributed by atoms with Crippen molar-refractivity contribution >= 4 is 28.4 Å². The van der Waals surface area contributed by atoms with E-state index in [4.69, 9.17) is 11.6 Å². The van der Waals surface area contributed by atoms with Crippen molar-refractivity contribution in [2.24, 2.45) is 0 Å². The van der Waals surface area contributed by atoms with Gasteiger partial charge in [-0.2, -0.15) is 0 Å². The Morgan fingerprint density at radius 1 is 1.03 bits per heavy atom. The second-order valence-electron chi connectivity index (χ2n) is 9.60. The molecule has 3 heterocycles. The van der Waals surface area contributed by atoms with Gasteiger partial charge in [0.25, 0.3) is 5.91 Å². The van der Waals surface area contributed by atoms with E-state index in [0.29, 0.717) is 17.1 Å². The van der Waals surface area contributed by atoms with E-state index < -0.39 is 5.54 Å². The van der Waals surface area contributed by atoms with E-state index in [-0.39, 0.29) is 5.91 Å². The summed E-state index contributed by atoms with van der Waals surface area (Å²) in [7, 11) is 0. The van der Waals surface area contributed by atoms with Crippen LogP contribution in [0.4, 0.5) is 0 Å². The molecule has 6 nitrogen and oxygen atoms in total. The highest BCUT2D eigenvalue weighted by Crippen LogP contribution is 2.37. The number of benzene rings is 3. The molecule has 36 heavy (non-hydrogen) atoms. The third kappa shape index (κ3) is 3.78. The number of aromatic nitrogens is 4. The molecular formula is C29H26ClN5O. The largest absolute Gasteiger partial charge is 0.342 e. The first-order chi connectivity index (χ1) is 17.4. The molecule has 0 saturated carbocycles. The molecule has 5 aromatic rings. The van der Waals surface area contributed by atoms with Gasteiger partial charge in [0.15, 0.2) is 0 Å². The van der Waals surface area contributed by atoms with Crippen molar-refractivity contribution in [3.05, 3.63) is 112 Å². The van der Waals surface area contributed by atoms with Gasteiger partial charge < -0.3 is 9.88 Å². The lowest BCUT2D eigenvalue weighted by Crippen LogP contribution is -2.51. The van der Waals surface area contributed by atoms with E-state index >= 15 is 0 Å². The molecule has 0 fully saturated rings. The Bertz CT molecular complexity index is 1600. The molecule has 1 N–H and O–H groups in total. The second kappa shape index (κ2) is 8.64. The SMILES string of the molecule is Cc1ccc2c(c1)cc1n2C[C@@](NC(=O)c2ccc(-n3cnnc3C)cc2Cl)(c2ccccc2)CC1. The van der Waals surface area contributed by atoms with Gasteiger partial charge in [-0.25, -0.2) is 0 Å². The lowest BCUT2D eigenvalue weighted by Gasteiger charge is -2.40. The third-order valence-corrected chi connectivity index (χ3v) is 7.56. The maximum absolute atomic E-state index is 13.7. The number of fused-ring (bicyclic) bond motifs is 3. The van der Waals surface area contributed by atoms with Crippen LogP contribution in [0.5, 0.6) is 0 Å². The van der Waals surface area contributed by atoms with Crippen LogP contribution in [-0.4, -0.2) is 25.2 Å². The molecule has 0 saturated heterocycles. The van der Waals surface area contributed by atoms with Gasteiger partial charge in [-0.3, -0.25) is 9.36 Å². The molecule has 1 amide bonds. The van der Waals surface area contributed by atoms with Crippen LogP contribution < -0.4 is 5.32 Å². The van der Waals surface area contributed by atoms with Gasteiger partial charge in [0.2, 0.25) is 0 Å². The summed E-state index contributed by atoms with van der Waals surface area (Å²) in [6.45, 7) is 4.64. The average molecular weight is 496 g/mol. The van der Waals surface area contributed by atoms with Crippen molar-refractivity contribution in [1.82, 2.24) is 24.6 Å². The number of carbonyl (C=O) groups is 1. The summed E-state index contributed by atoms with van der Waals surface area (Å²) in [6.07, 6.45) is 3.30. The van der Waals surface area contributed by atoms with E-state index in [1.165, 1.54) is 22.2 Å². The van der Waals surface area contributed by atoms with Crippen molar-refractivity contribution in [3.8, 4) is 5.69 Å². The van der Waals surface area contributed by atoms with Crippen molar-refractivity contribution in [3.63, 3.8) is 0 Å². The van der Waals surface area contributed by atoms with Crippen molar-refractivity contribution in [1.29, 1.82) is 0 Å². The lowest BCUT2D eigenvalue weighted by molar-refractivity contribution is 0.0868. The lowest BCUT2D eigenvalue weighted by atomic mass is 9.82. The maximum Gasteiger partial charge on any atom is 0.253 e. The number of halogens is 1. The summed E-state index contributed by atoms with van der Waals surface area (Å²) in [5, 5.41) is 13.0. The van der Waals surface area contributed by atoms with E-state index in [1.807, 2.05) is 35.8 Å². The average Bonchev–Trinajstić information content (AvgIpc) is 3.46. The maximum atomic E-state index is 13.7. The number of hydrogen-bond donors (Lipinski definition) is 1. The number of amides is 1. The highest BCUT2D eigenvalue weighted by Gasteiger charge is 2.38. The monoisotopic (exact) mass is 495 g/mol. The van der Waals surface area contributed by atoms with E-state index in [0.717, 1.165) is 29.9 Å². The van der Waals surface area contributed by atoms with Crippen LogP contribution in [0.1, 0.15) is 39.4 Å². The number of hydrogen-bond acceptors (Lipinski definition) is 3. The fraction of sp³-hybridized carbons (Fsp3) is 0.207. The first-order valence-electron chi connectivity index (χ1n) is 12.1. The first-order valence-corrected chi connectivity index (χ1v) is 12.4. The minimum Gasteiger partial charge on any atom is -0.342 e. The third-order valence-electron chi connectivity index (χ3n) is 7.25. The Hall–Kier alpha value is -3.90. The second-order valence-corrected chi connectivity index (χ2v) is 10.0. The van der Waals surface area contributed by atoms with Crippen LogP contribution in [0.15, 0.2) is 79.1 Å². The zero-order valence-electron chi connectivity index (χ0n) is 20.2. The number of aryl methyl sites for hydroxylation is 3. The van der Waals surface area contributed by atoms with Crippen LogP contribution in [-0.2, 0) is 18.5 Å². The molecular weight excluding hydrogens is 470 g/mol. The van der Waals surface area contributed by atoms with E-state index in [1.54, 1.807) is 18.5 Å². The Labute approximate surface area is 214 Å². The fourth-order valence-corrected chi connectivity index (χ4v) is 5.63. The van der Waals surface area contributed by atoms with Crippen molar-refractivity contribution < 1.29 is 4.79 Å². The van der Waals surface area contributed by atoms with Gasteiger partial charge in [-0.1, -0.05) is 53.6 Å². The summed E-state index contributed by atoms with van der Waals surface area (Å²) in [5.41, 5.74) is 5.52. The predicted molar refractivity (Wildman–Crippen MR) is 142 cm³/mol. The summed E-state index contributed by atoms with van der Waals surface area (Å²) in [5.74, 6) is 0.560. The molecule has 0 bridgehead atoms. The minimum atomic E-state index is -0.560. The Morgan fingerprint density at radius 2 is 1.86 bits per heavy atom. The smallest absolute Gasteiger partial charge is 0.253 e. The highest BCUT2D eigenvalue weighted by molar-refractivity contribution is 6.34. The normalized spacial score (nSPS) is 17.2. The van der Waals surface area contributed by atoms with Crippen molar-refractivity contribution in [2.75, 3.05) is 0 Å². The van der Waals surface area contributed by atoms with Gasteiger partial charge in [0.1, 0.15) is 12.2 Å². The van der Waals surface area contributed by atoms with E-state index in [9.17, 15) is 4.79 Å². The summed E-state index contributed by atoms with van der Waals surface area (Å²) in [6, 6.07) is 24.5. The summed E-state index contributed by atoms with van der Waals surface area (Å²) in [4.78, 5) is 13.7. The number of rotatable bonds is 4. The van der Waals surface area contributed by atoms with Crippen LogP contribution in [0.25, 0.3) is 16.6 Å². The van der Waals surface area contributed by atoms with Gasteiger partial charge in [-0.05, 0) is 68.7 Å². The number of carbonyl (C=O) groups excluding carboxylic acids is 1. The topological polar surface area (TPSA) is 64.7 Å². The number of nitrogens with one attached hydrogen (secondary N) is 1. The Kier molecular flexibility index (Phi) is 5.41. The van der Waals surface area contributed by atoms with Crippen molar-refractivity contribution in [2.45, 2.75) is 38.8 Å². The minimum absolute atomic E-state index is 0.188. The molecule has 1 atom stereocenters. The van der Waals surface area contributed by atoms with Gasteiger partial charge in [-0.15, -0.1) is 10.2 Å². The molecule has 1 aliphatic heterocycles. The molecule has 180 valence electrons. The predicted octanol–water partition coefficient (Wildman–Crippen LogP) is 5.76. The molecule has 0 aliphatic carbocycles. The fourth-order valence-electron chi connectivity index (χ4n) is 5.37. The molecule has 7 heteroatoms. The molecule has 2 aromatic heterocycles. The van der Waals surface area contributed by atoms with E-state index in [2.05, 4.69) is 63.4 Å².